The maximum atomic E-state index is 12.7. The van der Waals surface area contributed by atoms with Crippen molar-refractivity contribution in [3.8, 4) is 0 Å². The molecule has 1 unspecified atom stereocenters. The summed E-state index contributed by atoms with van der Waals surface area (Å²) in [5.41, 5.74) is 2.92. The average Bonchev–Trinajstić information content (AvgIpc) is 3.08. The molecule has 7 nitrogen and oxygen atoms in total. The fourth-order valence-corrected chi connectivity index (χ4v) is 3.81. The van der Waals surface area contributed by atoms with Crippen LogP contribution in [0.5, 0.6) is 0 Å². The van der Waals surface area contributed by atoms with Crippen LogP contribution in [0.25, 0.3) is 0 Å². The van der Waals surface area contributed by atoms with E-state index in [1.54, 1.807) is 19.1 Å². The minimum Gasteiger partial charge on any atom is -0.350 e. The van der Waals surface area contributed by atoms with Gasteiger partial charge < -0.3 is 15.1 Å². The van der Waals surface area contributed by atoms with E-state index in [0.29, 0.717) is 24.3 Å². The minimum absolute atomic E-state index is 0.220. The van der Waals surface area contributed by atoms with E-state index >= 15 is 0 Å². The Morgan fingerprint density at radius 2 is 1.61 bits per heavy atom. The zero-order valence-corrected chi connectivity index (χ0v) is 18.1. The van der Waals surface area contributed by atoms with Crippen molar-refractivity contribution >= 4 is 35.4 Å². The van der Waals surface area contributed by atoms with Gasteiger partial charge in [-0.25, -0.2) is 0 Å². The van der Waals surface area contributed by atoms with E-state index in [9.17, 15) is 19.2 Å². The monoisotopic (exact) mass is 441 g/mol. The van der Waals surface area contributed by atoms with Gasteiger partial charge in [0.05, 0.1) is 17.8 Å². The van der Waals surface area contributed by atoms with E-state index in [1.165, 1.54) is 15.9 Å². The zero-order valence-electron chi connectivity index (χ0n) is 18.1. The smallest absolute Gasteiger partial charge is 0.299 e. The van der Waals surface area contributed by atoms with Crippen LogP contribution < -0.4 is 15.1 Å². The minimum atomic E-state index is -0.808. The van der Waals surface area contributed by atoms with E-state index in [4.69, 9.17) is 0 Å². The number of nitrogens with one attached hydrogen (secondary N) is 1. The van der Waals surface area contributed by atoms with Crippen molar-refractivity contribution in [1.82, 2.24) is 5.32 Å². The molecule has 1 heterocycles. The van der Waals surface area contributed by atoms with Gasteiger partial charge in [0.2, 0.25) is 12.3 Å². The van der Waals surface area contributed by atoms with Gasteiger partial charge >= 0.3 is 0 Å². The molecule has 1 aliphatic heterocycles. The molecule has 0 radical (unpaired) electrons. The molecule has 1 N–H and O–H groups in total. The molecular formula is C26H23N3O4. The highest BCUT2D eigenvalue weighted by atomic mass is 16.2. The highest BCUT2D eigenvalue weighted by molar-refractivity contribution is 6.52. The fraction of sp³-hybridized carbons (Fsp3) is 0.154. The molecule has 7 heteroatoms. The number of hydrogen-bond acceptors (Lipinski definition) is 4. The Morgan fingerprint density at radius 1 is 0.970 bits per heavy atom. The molecule has 4 rings (SSSR count). The Hall–Kier alpha value is -4.26. The number of fused-ring (bicyclic) bond motifs is 1. The van der Waals surface area contributed by atoms with Gasteiger partial charge in [0, 0.05) is 12.2 Å². The maximum absolute atomic E-state index is 12.7. The standard InChI is InChI=1S/C26H23N3O4/c1-18(25(32)27-15-19-8-4-2-5-9-19)29(17-30)21-12-13-23-22(14-21)24(31)26(33)28(23)16-20-10-6-3-7-11-20/h2-14,17-18H,15-16H2,1H3,(H,27,32). The first-order valence-corrected chi connectivity index (χ1v) is 10.6. The molecule has 0 saturated carbocycles. The lowest BCUT2D eigenvalue weighted by Gasteiger charge is -2.25. The van der Waals surface area contributed by atoms with Crippen molar-refractivity contribution in [2.24, 2.45) is 0 Å². The van der Waals surface area contributed by atoms with E-state index in [1.807, 2.05) is 60.7 Å². The Labute approximate surface area is 191 Å². The summed E-state index contributed by atoms with van der Waals surface area (Å²) in [5.74, 6) is -1.58. The van der Waals surface area contributed by atoms with Gasteiger partial charge in [-0.15, -0.1) is 0 Å². The summed E-state index contributed by atoms with van der Waals surface area (Å²) in [4.78, 5) is 52.4. The number of amides is 3. The van der Waals surface area contributed by atoms with Crippen molar-refractivity contribution in [3.05, 3.63) is 95.6 Å². The predicted molar refractivity (Wildman–Crippen MR) is 125 cm³/mol. The van der Waals surface area contributed by atoms with Gasteiger partial charge in [0.25, 0.3) is 11.7 Å². The number of carbonyl (C=O) groups is 4. The third-order valence-corrected chi connectivity index (χ3v) is 5.66. The second-order valence-electron chi connectivity index (χ2n) is 7.80. The van der Waals surface area contributed by atoms with Crippen LogP contribution in [0.3, 0.4) is 0 Å². The van der Waals surface area contributed by atoms with Gasteiger partial charge in [-0.05, 0) is 36.2 Å². The number of hydrogen-bond donors (Lipinski definition) is 1. The highest BCUT2D eigenvalue weighted by Crippen LogP contribution is 2.33. The Bertz CT molecular complexity index is 1190. The van der Waals surface area contributed by atoms with Crippen LogP contribution in [0, 0.1) is 0 Å². The molecular weight excluding hydrogens is 418 g/mol. The summed E-state index contributed by atoms with van der Waals surface area (Å²) in [7, 11) is 0. The Balaban J connectivity index is 1.53. The quantitative estimate of drug-likeness (QED) is 0.430. The summed E-state index contributed by atoms with van der Waals surface area (Å²) >= 11 is 0. The van der Waals surface area contributed by atoms with Crippen LogP contribution >= 0.6 is 0 Å². The first-order valence-electron chi connectivity index (χ1n) is 10.6. The number of nitrogens with zero attached hydrogens (tertiary/aromatic N) is 2. The SMILES string of the molecule is CC(C(=O)NCc1ccccc1)N(C=O)c1ccc2c(c1)C(=O)C(=O)N2Cc1ccccc1. The van der Waals surface area contributed by atoms with Gasteiger partial charge in [-0.1, -0.05) is 60.7 Å². The van der Waals surface area contributed by atoms with Crippen LogP contribution in [0.4, 0.5) is 11.4 Å². The van der Waals surface area contributed by atoms with E-state index in [2.05, 4.69) is 5.32 Å². The second kappa shape index (κ2) is 9.48. The van der Waals surface area contributed by atoms with Crippen LogP contribution in [0.1, 0.15) is 28.4 Å². The molecule has 0 bridgehead atoms. The van der Waals surface area contributed by atoms with Crippen molar-refractivity contribution in [2.45, 2.75) is 26.1 Å². The lowest BCUT2D eigenvalue weighted by atomic mass is 10.1. The normalized spacial score (nSPS) is 13.4. The lowest BCUT2D eigenvalue weighted by molar-refractivity contribution is -0.123. The number of rotatable bonds is 8. The maximum Gasteiger partial charge on any atom is 0.299 e. The second-order valence-corrected chi connectivity index (χ2v) is 7.80. The molecule has 0 spiro atoms. The summed E-state index contributed by atoms with van der Waals surface area (Å²) < 4.78 is 0. The molecule has 3 aromatic rings. The number of benzene rings is 3. The van der Waals surface area contributed by atoms with Crippen LogP contribution in [-0.4, -0.2) is 30.0 Å². The van der Waals surface area contributed by atoms with Crippen LogP contribution in [0.15, 0.2) is 78.9 Å². The summed E-state index contributed by atoms with van der Waals surface area (Å²) in [6.07, 6.45) is 0.553. The summed E-state index contributed by atoms with van der Waals surface area (Å²) in [6.45, 7) is 2.21. The molecule has 0 fully saturated rings. The van der Waals surface area contributed by atoms with Crippen molar-refractivity contribution < 1.29 is 19.2 Å². The molecule has 33 heavy (non-hydrogen) atoms. The fourth-order valence-electron chi connectivity index (χ4n) is 3.81. The molecule has 3 aromatic carbocycles. The predicted octanol–water partition coefficient (Wildman–Crippen LogP) is 3.08. The largest absolute Gasteiger partial charge is 0.350 e. The van der Waals surface area contributed by atoms with Crippen molar-refractivity contribution in [1.29, 1.82) is 0 Å². The number of ketones is 1. The molecule has 0 aromatic heterocycles. The number of carbonyl (C=O) groups excluding carboxylic acids is 4. The molecule has 3 amide bonds. The number of anilines is 2. The van der Waals surface area contributed by atoms with Crippen LogP contribution in [0.2, 0.25) is 0 Å². The van der Waals surface area contributed by atoms with E-state index in [-0.39, 0.29) is 18.0 Å². The molecule has 0 aliphatic carbocycles. The summed E-state index contributed by atoms with van der Waals surface area (Å²) in [5, 5.41) is 2.82. The zero-order chi connectivity index (χ0) is 23.4. The van der Waals surface area contributed by atoms with Gasteiger partial charge in [0.15, 0.2) is 0 Å². The average molecular weight is 441 g/mol. The van der Waals surface area contributed by atoms with Crippen molar-refractivity contribution in [2.75, 3.05) is 9.80 Å². The molecule has 166 valence electrons. The van der Waals surface area contributed by atoms with Gasteiger partial charge in [0.1, 0.15) is 6.04 Å². The lowest BCUT2D eigenvalue weighted by Crippen LogP contribution is -2.44. The van der Waals surface area contributed by atoms with E-state index < -0.39 is 17.7 Å². The molecule has 1 aliphatic rings. The Morgan fingerprint density at radius 3 is 2.24 bits per heavy atom. The molecule has 1 atom stereocenters. The topological polar surface area (TPSA) is 86.8 Å². The summed E-state index contributed by atoms with van der Waals surface area (Å²) in [6, 6.07) is 22.8. The van der Waals surface area contributed by atoms with Gasteiger partial charge in [-0.3, -0.25) is 19.2 Å². The first kappa shape index (κ1) is 22.0. The Kier molecular flexibility index (Phi) is 6.31. The highest BCUT2D eigenvalue weighted by Gasteiger charge is 2.36. The third-order valence-electron chi connectivity index (χ3n) is 5.66. The first-order chi connectivity index (χ1) is 16.0. The van der Waals surface area contributed by atoms with Gasteiger partial charge in [-0.2, -0.15) is 0 Å². The third kappa shape index (κ3) is 4.52. The number of Topliss-reactive ketones (excluding diaryl/α,β-unsaturated/α-hetero) is 1. The van der Waals surface area contributed by atoms with Crippen LogP contribution in [-0.2, 0) is 27.5 Å². The van der Waals surface area contributed by atoms with E-state index in [0.717, 1.165) is 11.1 Å². The van der Waals surface area contributed by atoms with Crippen molar-refractivity contribution in [3.63, 3.8) is 0 Å². The molecule has 0 saturated heterocycles.